The molecule has 0 fully saturated rings. The average Bonchev–Trinajstić information content (AvgIpc) is 2.31. The fourth-order valence-corrected chi connectivity index (χ4v) is 1.47. The topological polar surface area (TPSA) is 26.3 Å². The lowest BCUT2D eigenvalue weighted by Gasteiger charge is -2.07. The summed E-state index contributed by atoms with van der Waals surface area (Å²) in [6.07, 6.45) is 0.745. The van der Waals surface area contributed by atoms with Crippen molar-refractivity contribution in [1.29, 1.82) is 0 Å². The van der Waals surface area contributed by atoms with Gasteiger partial charge in [-0.05, 0) is 24.3 Å². The van der Waals surface area contributed by atoms with Gasteiger partial charge in [0.05, 0.1) is 5.56 Å². The van der Waals surface area contributed by atoms with Crippen molar-refractivity contribution in [1.82, 2.24) is 0 Å². The molecule has 2 aromatic carbocycles. The zero-order chi connectivity index (χ0) is 11.4. The zero-order valence-corrected chi connectivity index (χ0v) is 9.15. The summed E-state index contributed by atoms with van der Waals surface area (Å²) in [7, 11) is 0. The maximum Gasteiger partial charge on any atom is 0.153 e. The van der Waals surface area contributed by atoms with Gasteiger partial charge in [0.15, 0.2) is 6.29 Å². The maximum atomic E-state index is 10.8. The van der Waals surface area contributed by atoms with E-state index in [1.165, 1.54) is 0 Å². The average molecular weight is 233 g/mol. The highest BCUT2D eigenvalue weighted by Gasteiger charge is 2.04. The van der Waals surface area contributed by atoms with Crippen molar-refractivity contribution in [2.45, 2.75) is 0 Å². The second kappa shape index (κ2) is 4.81. The molecule has 0 saturated heterocycles. The van der Waals surface area contributed by atoms with Crippen LogP contribution < -0.4 is 4.74 Å². The molecule has 0 amide bonds. The summed E-state index contributed by atoms with van der Waals surface area (Å²) >= 11 is 5.84. The summed E-state index contributed by atoms with van der Waals surface area (Å²) in [5, 5.41) is 0.538. The van der Waals surface area contributed by atoms with E-state index in [4.69, 9.17) is 16.3 Å². The van der Waals surface area contributed by atoms with E-state index < -0.39 is 0 Å². The first kappa shape index (κ1) is 10.7. The second-order valence-corrected chi connectivity index (χ2v) is 3.65. The molecule has 0 N–H and O–H groups in total. The third-order valence-electron chi connectivity index (χ3n) is 2.07. The van der Waals surface area contributed by atoms with Gasteiger partial charge in [0, 0.05) is 11.1 Å². The lowest BCUT2D eigenvalue weighted by Crippen LogP contribution is -1.89. The molecule has 0 unspecified atom stereocenters. The Balaban J connectivity index is 2.33. The van der Waals surface area contributed by atoms with Gasteiger partial charge in [-0.2, -0.15) is 0 Å². The number of carbonyl (C=O) groups excluding carboxylic acids is 1. The van der Waals surface area contributed by atoms with E-state index in [-0.39, 0.29) is 0 Å². The SMILES string of the molecule is O=Cc1ccc(Cl)cc1Oc1ccccc1. The fraction of sp³-hybridized carbons (Fsp3) is 0. The summed E-state index contributed by atoms with van der Waals surface area (Å²) in [5.74, 6) is 1.14. The predicted octanol–water partition coefficient (Wildman–Crippen LogP) is 3.94. The first-order valence-electron chi connectivity index (χ1n) is 4.77. The Morgan fingerprint density at radius 2 is 1.81 bits per heavy atom. The number of carbonyl (C=O) groups is 1. The molecule has 2 rings (SSSR count). The molecule has 0 radical (unpaired) electrons. The molecule has 0 aliphatic rings. The number of ether oxygens (including phenoxy) is 1. The van der Waals surface area contributed by atoms with Crippen LogP contribution in [0.3, 0.4) is 0 Å². The lowest BCUT2D eigenvalue weighted by atomic mass is 10.2. The van der Waals surface area contributed by atoms with Gasteiger partial charge in [0.25, 0.3) is 0 Å². The first-order valence-corrected chi connectivity index (χ1v) is 5.15. The molecular weight excluding hydrogens is 224 g/mol. The monoisotopic (exact) mass is 232 g/mol. The molecule has 0 aliphatic carbocycles. The van der Waals surface area contributed by atoms with Crippen molar-refractivity contribution in [2.24, 2.45) is 0 Å². The second-order valence-electron chi connectivity index (χ2n) is 3.22. The predicted molar refractivity (Wildman–Crippen MR) is 63.4 cm³/mol. The third-order valence-corrected chi connectivity index (χ3v) is 2.31. The van der Waals surface area contributed by atoms with Crippen LogP contribution in [0.2, 0.25) is 5.02 Å². The smallest absolute Gasteiger partial charge is 0.153 e. The van der Waals surface area contributed by atoms with E-state index in [1.807, 2.05) is 30.3 Å². The largest absolute Gasteiger partial charge is 0.457 e. The van der Waals surface area contributed by atoms with Gasteiger partial charge in [-0.3, -0.25) is 4.79 Å². The Kier molecular flexibility index (Phi) is 3.22. The molecule has 16 heavy (non-hydrogen) atoms. The normalized spacial score (nSPS) is 9.81. The van der Waals surface area contributed by atoms with Gasteiger partial charge in [0.2, 0.25) is 0 Å². The maximum absolute atomic E-state index is 10.8. The first-order chi connectivity index (χ1) is 7.79. The standard InChI is InChI=1S/C13H9ClO2/c14-11-7-6-10(9-15)13(8-11)16-12-4-2-1-3-5-12/h1-9H. The van der Waals surface area contributed by atoms with Gasteiger partial charge >= 0.3 is 0 Å². The van der Waals surface area contributed by atoms with Crippen LogP contribution in [0.25, 0.3) is 0 Å². The van der Waals surface area contributed by atoms with E-state index in [0.717, 1.165) is 6.29 Å². The highest BCUT2D eigenvalue weighted by atomic mass is 35.5. The van der Waals surface area contributed by atoms with Crippen LogP contribution in [0.1, 0.15) is 10.4 Å². The summed E-state index contributed by atoms with van der Waals surface area (Å²) < 4.78 is 5.57. The van der Waals surface area contributed by atoms with Gasteiger partial charge < -0.3 is 4.74 Å². The zero-order valence-electron chi connectivity index (χ0n) is 8.39. The lowest BCUT2D eigenvalue weighted by molar-refractivity contribution is 0.112. The number of rotatable bonds is 3. The van der Waals surface area contributed by atoms with Crippen molar-refractivity contribution in [3.63, 3.8) is 0 Å². The third kappa shape index (κ3) is 2.41. The highest BCUT2D eigenvalue weighted by Crippen LogP contribution is 2.27. The molecule has 0 atom stereocenters. The molecule has 0 aliphatic heterocycles. The molecule has 0 spiro atoms. The van der Waals surface area contributed by atoms with E-state index in [2.05, 4.69) is 0 Å². The molecule has 0 aromatic heterocycles. The molecule has 0 bridgehead atoms. The summed E-state index contributed by atoms with van der Waals surface area (Å²) in [6.45, 7) is 0. The van der Waals surface area contributed by atoms with Crippen LogP contribution in [0, 0.1) is 0 Å². The Bertz CT molecular complexity index is 495. The molecular formula is C13H9ClO2. The van der Waals surface area contributed by atoms with E-state index >= 15 is 0 Å². The van der Waals surface area contributed by atoms with Crippen LogP contribution in [-0.2, 0) is 0 Å². The Hall–Kier alpha value is -1.80. The van der Waals surface area contributed by atoms with Crippen molar-refractivity contribution in [2.75, 3.05) is 0 Å². The number of benzene rings is 2. The van der Waals surface area contributed by atoms with Gasteiger partial charge in [-0.1, -0.05) is 29.8 Å². The number of para-hydroxylation sites is 1. The van der Waals surface area contributed by atoms with Crippen LogP contribution in [0.15, 0.2) is 48.5 Å². The summed E-state index contributed by atoms with van der Waals surface area (Å²) in [4.78, 5) is 10.8. The Morgan fingerprint density at radius 3 is 2.50 bits per heavy atom. The van der Waals surface area contributed by atoms with Crippen molar-refractivity contribution in [3.05, 3.63) is 59.1 Å². The molecule has 2 aromatic rings. The van der Waals surface area contributed by atoms with Gasteiger partial charge in [-0.25, -0.2) is 0 Å². The van der Waals surface area contributed by atoms with Crippen LogP contribution in [-0.4, -0.2) is 6.29 Å². The minimum Gasteiger partial charge on any atom is -0.457 e. The van der Waals surface area contributed by atoms with E-state index in [1.54, 1.807) is 18.2 Å². The van der Waals surface area contributed by atoms with Gasteiger partial charge in [-0.15, -0.1) is 0 Å². The summed E-state index contributed by atoms with van der Waals surface area (Å²) in [6, 6.07) is 14.2. The van der Waals surface area contributed by atoms with Crippen molar-refractivity contribution >= 4 is 17.9 Å². The van der Waals surface area contributed by atoms with E-state index in [0.29, 0.717) is 22.1 Å². The van der Waals surface area contributed by atoms with Gasteiger partial charge in [0.1, 0.15) is 11.5 Å². The molecule has 3 heteroatoms. The minimum atomic E-state index is 0.466. The molecule has 80 valence electrons. The quantitative estimate of drug-likeness (QED) is 0.749. The number of hydrogen-bond donors (Lipinski definition) is 0. The number of aldehydes is 1. The van der Waals surface area contributed by atoms with Crippen LogP contribution >= 0.6 is 11.6 Å². The fourth-order valence-electron chi connectivity index (χ4n) is 1.31. The van der Waals surface area contributed by atoms with Crippen molar-refractivity contribution in [3.8, 4) is 11.5 Å². The number of hydrogen-bond acceptors (Lipinski definition) is 2. The minimum absolute atomic E-state index is 0.466. The van der Waals surface area contributed by atoms with Crippen LogP contribution in [0.4, 0.5) is 0 Å². The molecule has 0 heterocycles. The number of halogens is 1. The molecule has 0 saturated carbocycles. The van der Waals surface area contributed by atoms with Crippen molar-refractivity contribution < 1.29 is 9.53 Å². The summed E-state index contributed by atoms with van der Waals surface area (Å²) in [5.41, 5.74) is 0.480. The Morgan fingerprint density at radius 1 is 1.06 bits per heavy atom. The highest BCUT2D eigenvalue weighted by molar-refractivity contribution is 6.30. The Labute approximate surface area is 98.4 Å². The van der Waals surface area contributed by atoms with Crippen LogP contribution in [0.5, 0.6) is 11.5 Å². The van der Waals surface area contributed by atoms with E-state index in [9.17, 15) is 4.79 Å². The molecule has 2 nitrogen and oxygen atoms in total.